The van der Waals surface area contributed by atoms with Crippen molar-refractivity contribution in [3.05, 3.63) is 24.3 Å². The maximum atomic E-state index is 13.1. The molecule has 15 heteroatoms. The molecule has 0 radical (unpaired) electrons. The van der Waals surface area contributed by atoms with Gasteiger partial charge in [0.2, 0.25) is 0 Å². The molecule has 3 rings (SSSR count). The Morgan fingerprint density at radius 3 is 2.31 bits per heavy atom. The highest BCUT2D eigenvalue weighted by atomic mass is 16.7. The fourth-order valence-corrected chi connectivity index (χ4v) is 7.41. The van der Waals surface area contributed by atoms with E-state index in [1.807, 2.05) is 0 Å². The van der Waals surface area contributed by atoms with E-state index in [0.717, 1.165) is 0 Å². The number of hydrogen-bond donors (Lipinski definition) is 3. The lowest BCUT2D eigenvalue weighted by molar-refractivity contribution is -0.344. The molecule has 0 bridgehead atoms. The number of ether oxygens (including phenoxy) is 7. The SMILES string of the molecule is COC1C(O)CC(=O)OC(C)CC=CC=CC(=O)C(C)CC(CC=O)C1OC1OC(C)C(OC2CC(C)(O)C(OC(=O)C(C)C)C(C)O2)C(N(C)C)C1O. The fourth-order valence-electron chi connectivity index (χ4n) is 7.41. The van der Waals surface area contributed by atoms with E-state index in [1.165, 1.54) is 13.2 Å². The summed E-state index contributed by atoms with van der Waals surface area (Å²) in [6.45, 7) is 11.8. The quantitative estimate of drug-likeness (QED) is 0.216. The van der Waals surface area contributed by atoms with Crippen molar-refractivity contribution >= 4 is 24.0 Å². The van der Waals surface area contributed by atoms with Crippen LogP contribution in [-0.4, -0.2) is 145 Å². The van der Waals surface area contributed by atoms with Crippen molar-refractivity contribution in [1.29, 1.82) is 0 Å². The molecule has 3 aliphatic rings. The van der Waals surface area contributed by atoms with Crippen LogP contribution in [0.1, 0.15) is 80.6 Å². The lowest BCUT2D eigenvalue weighted by atomic mass is 9.83. The summed E-state index contributed by atoms with van der Waals surface area (Å²) in [6, 6.07) is -0.768. The topological polar surface area (TPSA) is 197 Å². The Hall–Kier alpha value is -2.60. The number of rotatable bonds is 10. The predicted octanol–water partition coefficient (Wildman–Crippen LogP) is 2.26. The Morgan fingerprint density at radius 1 is 1.04 bits per heavy atom. The first-order valence-electron chi connectivity index (χ1n) is 18.9. The summed E-state index contributed by atoms with van der Waals surface area (Å²) in [5, 5.41) is 34.7. The zero-order chi connectivity index (χ0) is 40.5. The zero-order valence-corrected chi connectivity index (χ0v) is 33.4. The molecule has 308 valence electrons. The minimum absolute atomic E-state index is 0.0424. The van der Waals surface area contributed by atoms with Crippen molar-refractivity contribution in [3.8, 4) is 0 Å². The van der Waals surface area contributed by atoms with Crippen LogP contribution < -0.4 is 0 Å². The highest BCUT2D eigenvalue weighted by molar-refractivity contribution is 5.91. The minimum Gasteiger partial charge on any atom is -0.462 e. The largest absolute Gasteiger partial charge is 0.462 e. The normalized spacial score (nSPS) is 40.4. The molecule has 0 amide bonds. The number of aldehydes is 1. The second-order valence-corrected chi connectivity index (χ2v) is 15.7. The van der Waals surface area contributed by atoms with Crippen LogP contribution in [0.25, 0.3) is 0 Å². The van der Waals surface area contributed by atoms with Gasteiger partial charge in [-0.1, -0.05) is 39.0 Å². The van der Waals surface area contributed by atoms with Crippen molar-refractivity contribution in [2.24, 2.45) is 17.8 Å². The average Bonchev–Trinajstić information content (AvgIpc) is 3.06. The second-order valence-electron chi connectivity index (χ2n) is 15.7. The molecular weight excluding hydrogens is 706 g/mol. The second kappa shape index (κ2) is 20.5. The van der Waals surface area contributed by atoms with Crippen molar-refractivity contribution in [1.82, 2.24) is 4.90 Å². The number of hydrogen-bond acceptors (Lipinski definition) is 15. The number of aliphatic hydroxyl groups excluding tert-OH is 2. The third kappa shape index (κ3) is 12.2. The summed E-state index contributed by atoms with van der Waals surface area (Å²) in [5.74, 6) is -3.00. The van der Waals surface area contributed by atoms with E-state index in [9.17, 15) is 34.5 Å². The first kappa shape index (κ1) is 45.8. The van der Waals surface area contributed by atoms with Crippen molar-refractivity contribution in [3.63, 3.8) is 0 Å². The molecule has 0 aliphatic carbocycles. The molecule has 0 spiro atoms. The number of nitrogens with zero attached hydrogens (tertiary/aromatic N) is 1. The van der Waals surface area contributed by atoms with Crippen molar-refractivity contribution in [2.45, 2.75) is 160 Å². The van der Waals surface area contributed by atoms with Gasteiger partial charge in [-0.15, -0.1) is 0 Å². The molecular formula is C39H63NO14. The monoisotopic (exact) mass is 769 g/mol. The van der Waals surface area contributed by atoms with Gasteiger partial charge in [0.05, 0.1) is 42.8 Å². The van der Waals surface area contributed by atoms with Gasteiger partial charge in [0.1, 0.15) is 36.3 Å². The highest BCUT2D eigenvalue weighted by Crippen LogP contribution is 2.37. The summed E-state index contributed by atoms with van der Waals surface area (Å²) in [7, 11) is 4.82. The summed E-state index contributed by atoms with van der Waals surface area (Å²) in [6.07, 6.45) is -4.08. The summed E-state index contributed by atoms with van der Waals surface area (Å²) >= 11 is 0. The lowest BCUT2D eigenvalue weighted by Crippen LogP contribution is -2.66. The third-order valence-corrected chi connectivity index (χ3v) is 10.3. The number of likely N-dealkylation sites (N-methyl/N-ethyl adjacent to an activating group) is 1. The zero-order valence-electron chi connectivity index (χ0n) is 33.4. The molecule has 2 saturated heterocycles. The molecule has 3 heterocycles. The molecule has 15 atom stereocenters. The van der Waals surface area contributed by atoms with Gasteiger partial charge < -0.3 is 58.2 Å². The van der Waals surface area contributed by atoms with Gasteiger partial charge in [0, 0.05) is 32.3 Å². The van der Waals surface area contributed by atoms with Crippen LogP contribution in [0.15, 0.2) is 24.3 Å². The van der Waals surface area contributed by atoms with Gasteiger partial charge in [0.25, 0.3) is 0 Å². The summed E-state index contributed by atoms with van der Waals surface area (Å²) in [4.78, 5) is 52.2. The Labute approximate surface area is 319 Å². The fraction of sp³-hybridized carbons (Fsp3) is 0.795. The van der Waals surface area contributed by atoms with Gasteiger partial charge in [-0.05, 0) is 60.2 Å². The maximum absolute atomic E-state index is 13.1. The van der Waals surface area contributed by atoms with E-state index in [0.29, 0.717) is 12.7 Å². The molecule has 0 aromatic carbocycles. The summed E-state index contributed by atoms with van der Waals surface area (Å²) in [5.41, 5.74) is -1.49. The van der Waals surface area contributed by atoms with Gasteiger partial charge in [-0.25, -0.2) is 0 Å². The van der Waals surface area contributed by atoms with Crippen LogP contribution in [0.3, 0.4) is 0 Å². The van der Waals surface area contributed by atoms with Crippen LogP contribution in [0.2, 0.25) is 0 Å². The Balaban J connectivity index is 1.92. The lowest BCUT2D eigenvalue weighted by Gasteiger charge is -2.50. The number of carbonyl (C=O) groups is 4. The highest BCUT2D eigenvalue weighted by Gasteiger charge is 2.52. The molecule has 15 nitrogen and oxygen atoms in total. The van der Waals surface area contributed by atoms with Gasteiger partial charge in [-0.3, -0.25) is 14.4 Å². The van der Waals surface area contributed by atoms with Crippen LogP contribution in [0, 0.1) is 17.8 Å². The van der Waals surface area contributed by atoms with Crippen molar-refractivity contribution in [2.75, 3.05) is 21.2 Å². The third-order valence-electron chi connectivity index (χ3n) is 10.3. The van der Waals surface area contributed by atoms with E-state index in [4.69, 9.17) is 33.2 Å². The molecule has 2 fully saturated rings. The van der Waals surface area contributed by atoms with Gasteiger partial charge in [-0.2, -0.15) is 0 Å². The number of carbonyl (C=O) groups excluding carboxylic acids is 4. The molecule has 54 heavy (non-hydrogen) atoms. The molecule has 0 saturated carbocycles. The Bertz CT molecular complexity index is 1300. The van der Waals surface area contributed by atoms with Crippen LogP contribution in [-0.2, 0) is 52.3 Å². The number of esters is 2. The maximum Gasteiger partial charge on any atom is 0.308 e. The molecule has 15 unspecified atom stereocenters. The first-order valence-corrected chi connectivity index (χ1v) is 18.9. The minimum atomic E-state index is -1.49. The summed E-state index contributed by atoms with van der Waals surface area (Å²) < 4.78 is 42.1. The molecule has 3 aliphatic heterocycles. The Morgan fingerprint density at radius 2 is 1.72 bits per heavy atom. The standard InChI is InChI=1S/C39H63NO14/c1-21(2)37(46)54-36-25(6)50-30(20-39(36,7)47)52-33-24(5)51-38(32(45)31(33)40(8)9)53-34-26(16-17-41)18-22(3)27(42)15-13-11-12-14-23(4)49-29(44)19-28(43)35(34)48-10/h11-13,15,17,21-26,28,30-36,38,43,45,47H,14,16,18-20H2,1-10H3. The molecule has 0 aromatic rings. The number of cyclic esters (lactones) is 1. The van der Waals surface area contributed by atoms with E-state index in [2.05, 4.69) is 0 Å². The predicted molar refractivity (Wildman–Crippen MR) is 195 cm³/mol. The van der Waals surface area contributed by atoms with E-state index in [1.54, 1.807) is 85.7 Å². The number of aliphatic hydroxyl groups is 3. The van der Waals surface area contributed by atoms with Crippen LogP contribution in [0.5, 0.6) is 0 Å². The average molecular weight is 770 g/mol. The number of ketones is 1. The smallest absolute Gasteiger partial charge is 0.308 e. The van der Waals surface area contributed by atoms with Gasteiger partial charge in [0.15, 0.2) is 24.5 Å². The number of methoxy groups -OCH3 is 1. The van der Waals surface area contributed by atoms with E-state index < -0.39 is 115 Å². The van der Waals surface area contributed by atoms with E-state index >= 15 is 0 Å². The van der Waals surface area contributed by atoms with Crippen LogP contribution in [0.4, 0.5) is 0 Å². The van der Waals surface area contributed by atoms with Crippen molar-refractivity contribution < 1.29 is 67.7 Å². The van der Waals surface area contributed by atoms with E-state index in [-0.39, 0.29) is 25.0 Å². The Kier molecular flexibility index (Phi) is 17.4. The first-order chi connectivity index (χ1) is 25.3. The van der Waals surface area contributed by atoms with Crippen LogP contribution >= 0.6 is 0 Å². The molecule has 0 aromatic heterocycles. The molecule has 3 N–H and O–H groups in total. The van der Waals surface area contributed by atoms with Gasteiger partial charge >= 0.3 is 11.9 Å². The number of allylic oxidation sites excluding steroid dienone is 3.